The second-order valence-corrected chi connectivity index (χ2v) is 8.84. The maximum atomic E-state index is 13.7. The summed E-state index contributed by atoms with van der Waals surface area (Å²) in [6.45, 7) is 0. The summed E-state index contributed by atoms with van der Waals surface area (Å²) in [4.78, 5) is 37.0. The molecule has 4 heterocycles. The van der Waals surface area contributed by atoms with Gasteiger partial charge in [0.15, 0.2) is 0 Å². The summed E-state index contributed by atoms with van der Waals surface area (Å²) in [6, 6.07) is 15.5. The Morgan fingerprint density at radius 3 is 2.31 bits per heavy atom. The van der Waals surface area contributed by atoms with Gasteiger partial charge in [0, 0.05) is 16.4 Å². The lowest BCUT2D eigenvalue weighted by Crippen LogP contribution is -2.58. The van der Waals surface area contributed by atoms with Crippen LogP contribution in [-0.4, -0.2) is 24.8 Å². The minimum Gasteiger partial charge on any atom is -0.273 e. The summed E-state index contributed by atoms with van der Waals surface area (Å²) < 4.78 is 3.55. The molecule has 2 aliphatic carbocycles. The highest BCUT2D eigenvalue weighted by Gasteiger charge is 2.42. The van der Waals surface area contributed by atoms with E-state index in [0.29, 0.717) is 23.7 Å². The number of pyridine rings is 1. The maximum absolute atomic E-state index is 13.7. The molecule has 0 saturated heterocycles. The van der Waals surface area contributed by atoms with E-state index in [1.54, 1.807) is 4.40 Å². The molecule has 0 N–H and O–H groups in total. The van der Waals surface area contributed by atoms with Gasteiger partial charge in [-0.2, -0.15) is 0 Å². The van der Waals surface area contributed by atoms with Crippen LogP contribution in [0, 0.1) is 5.92 Å². The van der Waals surface area contributed by atoms with E-state index in [-0.39, 0.29) is 23.3 Å². The van der Waals surface area contributed by atoms with Gasteiger partial charge in [-0.25, -0.2) is 9.97 Å². The fourth-order valence-corrected chi connectivity index (χ4v) is 6.05. The lowest BCUT2D eigenvalue weighted by Gasteiger charge is -2.34. The van der Waals surface area contributed by atoms with Crippen LogP contribution in [0.4, 0.5) is 0 Å². The van der Waals surface area contributed by atoms with E-state index in [2.05, 4.69) is 6.08 Å². The van der Waals surface area contributed by atoms with Crippen molar-refractivity contribution in [2.24, 2.45) is 5.92 Å². The largest absolute Gasteiger partial charge is 0.273 e. The van der Waals surface area contributed by atoms with E-state index in [0.717, 1.165) is 43.9 Å². The van der Waals surface area contributed by atoms with Crippen molar-refractivity contribution in [3.63, 3.8) is 0 Å². The number of fused-ring (bicyclic) bond motifs is 8. The van der Waals surface area contributed by atoms with Crippen LogP contribution in [0.3, 0.4) is 0 Å². The minimum absolute atomic E-state index is 0.00345. The third-order valence-electron chi connectivity index (χ3n) is 7.35. The molecular weight excluding hydrogens is 400 g/mol. The topological polar surface area (TPSA) is 69.3 Å². The highest BCUT2D eigenvalue weighted by Crippen LogP contribution is 2.42. The number of carbonyl (C=O) groups excluding carboxylic acids is 1. The monoisotopic (exact) mass is 416 g/mol. The van der Waals surface area contributed by atoms with Gasteiger partial charge in [0.2, 0.25) is 5.91 Å². The second-order valence-electron chi connectivity index (χ2n) is 8.84. The van der Waals surface area contributed by atoms with E-state index in [1.165, 1.54) is 0 Å². The Hall–Kier alpha value is -4.06. The second kappa shape index (κ2) is 5.40. The number of hydrogen-bond donors (Lipinski definition) is 0. The average molecular weight is 416 g/mol. The van der Waals surface area contributed by atoms with Crippen LogP contribution >= 0.6 is 0 Å². The number of imidazole rings is 2. The molecule has 3 aromatic heterocycles. The first-order chi connectivity index (χ1) is 15.7. The third kappa shape index (κ3) is 1.75. The van der Waals surface area contributed by atoms with Crippen molar-refractivity contribution in [2.75, 3.05) is 0 Å². The molecule has 2 unspecified atom stereocenters. The Bertz CT molecular complexity index is 1940. The Kier molecular flexibility index (Phi) is 2.80. The number of nitrogens with zero attached hydrogens (tertiary/aromatic N) is 4. The normalized spacial score (nSPS) is 20.9. The standard InChI is InChI=1S/C26H16N4O2/c31-25-15-12-10-14-22-16(26(32)30-20-8-4-2-6-18(20)28-24(14)30)11-9-13(21(15)22)23-27-17-5-1-3-7-19(17)29(23)25/h1-9,12,14,16H,10-11H2. The van der Waals surface area contributed by atoms with E-state index in [1.807, 2.05) is 59.2 Å². The molecule has 0 amide bonds. The predicted molar refractivity (Wildman–Crippen MR) is 122 cm³/mol. The molecule has 0 bridgehead atoms. The molecule has 3 aliphatic rings. The van der Waals surface area contributed by atoms with Crippen molar-refractivity contribution in [2.45, 2.75) is 18.8 Å². The van der Waals surface area contributed by atoms with Crippen LogP contribution in [0.5, 0.6) is 0 Å². The zero-order chi connectivity index (χ0) is 21.1. The maximum Gasteiger partial charge on any atom is 0.264 e. The Morgan fingerprint density at radius 1 is 0.781 bits per heavy atom. The molecule has 2 atom stereocenters. The number of hydrogen-bond acceptors (Lipinski definition) is 4. The highest BCUT2D eigenvalue weighted by molar-refractivity contribution is 6.01. The van der Waals surface area contributed by atoms with Gasteiger partial charge < -0.3 is 0 Å². The first kappa shape index (κ1) is 16.6. The summed E-state index contributed by atoms with van der Waals surface area (Å²) in [5.74, 6) is 0.570. The van der Waals surface area contributed by atoms with Gasteiger partial charge in [-0.1, -0.05) is 36.4 Å². The van der Waals surface area contributed by atoms with Gasteiger partial charge >= 0.3 is 0 Å². The zero-order valence-corrected chi connectivity index (χ0v) is 16.9. The quantitative estimate of drug-likeness (QED) is 0.384. The first-order valence-electron chi connectivity index (χ1n) is 10.9. The molecule has 152 valence electrons. The van der Waals surface area contributed by atoms with Crippen molar-refractivity contribution in [3.8, 4) is 0 Å². The fraction of sp³-hybridized carbons (Fsp3) is 0.154. The van der Waals surface area contributed by atoms with Crippen LogP contribution in [-0.2, 0) is 0 Å². The van der Waals surface area contributed by atoms with Gasteiger partial charge in [0.1, 0.15) is 11.5 Å². The number of rotatable bonds is 0. The van der Waals surface area contributed by atoms with E-state index in [9.17, 15) is 9.59 Å². The van der Waals surface area contributed by atoms with Crippen molar-refractivity contribution < 1.29 is 4.79 Å². The summed E-state index contributed by atoms with van der Waals surface area (Å²) in [5.41, 5.74) is 5.01. The minimum atomic E-state index is -0.267. The molecule has 6 nitrogen and oxygen atoms in total. The third-order valence-corrected chi connectivity index (χ3v) is 7.35. The van der Waals surface area contributed by atoms with Crippen molar-refractivity contribution in [1.29, 1.82) is 0 Å². The van der Waals surface area contributed by atoms with Crippen LogP contribution in [0.2, 0.25) is 0 Å². The number of aromatic nitrogens is 4. The lowest BCUT2D eigenvalue weighted by molar-refractivity contribution is 0.0855. The first-order valence-corrected chi connectivity index (χ1v) is 10.9. The van der Waals surface area contributed by atoms with E-state index >= 15 is 0 Å². The molecule has 1 aliphatic heterocycles. The van der Waals surface area contributed by atoms with Crippen LogP contribution in [0.15, 0.2) is 53.3 Å². The molecule has 5 aromatic rings. The summed E-state index contributed by atoms with van der Waals surface area (Å²) in [6.07, 6.45) is 5.42. The predicted octanol–water partition coefficient (Wildman–Crippen LogP) is 1.49. The molecule has 0 saturated carbocycles. The van der Waals surface area contributed by atoms with Crippen LogP contribution in [0.25, 0.3) is 45.4 Å². The Labute approximate surface area is 180 Å². The number of para-hydroxylation sites is 4. The summed E-state index contributed by atoms with van der Waals surface area (Å²) >= 11 is 0. The van der Waals surface area contributed by atoms with Crippen LogP contribution in [0.1, 0.15) is 29.4 Å². The smallest absolute Gasteiger partial charge is 0.264 e. The molecule has 0 radical (unpaired) electrons. The Balaban J connectivity index is 1.58. The zero-order valence-electron chi connectivity index (χ0n) is 16.9. The van der Waals surface area contributed by atoms with Crippen molar-refractivity contribution in [3.05, 3.63) is 80.4 Å². The fourth-order valence-electron chi connectivity index (χ4n) is 6.05. The Morgan fingerprint density at radius 2 is 1.47 bits per heavy atom. The molecule has 6 heteroatoms. The SMILES string of the molecule is O=C1C2CC=c3c4c(c(=O)n5c3nc3ccccc35)=CCC(C=42)c2nc3ccccc3n21. The molecule has 8 rings (SSSR count). The molecule has 32 heavy (non-hydrogen) atoms. The number of carbonyl (C=O) groups is 1. The van der Waals surface area contributed by atoms with Crippen molar-refractivity contribution in [1.82, 2.24) is 18.9 Å². The summed E-state index contributed by atoms with van der Waals surface area (Å²) in [5, 5.41) is 2.58. The van der Waals surface area contributed by atoms with Gasteiger partial charge in [0.25, 0.3) is 5.56 Å². The lowest BCUT2D eigenvalue weighted by atomic mass is 9.74. The van der Waals surface area contributed by atoms with Crippen molar-refractivity contribution >= 4 is 51.3 Å². The summed E-state index contributed by atoms with van der Waals surface area (Å²) in [7, 11) is 0. The van der Waals surface area contributed by atoms with Crippen LogP contribution < -0.4 is 21.2 Å². The van der Waals surface area contributed by atoms with E-state index in [4.69, 9.17) is 9.97 Å². The van der Waals surface area contributed by atoms with E-state index < -0.39 is 0 Å². The van der Waals surface area contributed by atoms with Gasteiger partial charge in [-0.15, -0.1) is 0 Å². The van der Waals surface area contributed by atoms with Gasteiger partial charge in [0.05, 0.1) is 28.0 Å². The average Bonchev–Trinajstić information content (AvgIpc) is 3.40. The molecule has 0 fully saturated rings. The highest BCUT2D eigenvalue weighted by atomic mass is 16.2. The van der Waals surface area contributed by atoms with Gasteiger partial charge in [-0.05, 0) is 47.9 Å². The molecular formula is C26H16N4O2. The number of benzene rings is 2. The molecule has 2 aromatic carbocycles. The molecule has 0 spiro atoms. The van der Waals surface area contributed by atoms with Gasteiger partial charge in [-0.3, -0.25) is 18.6 Å².